The summed E-state index contributed by atoms with van der Waals surface area (Å²) in [7, 11) is -3.73. The second-order valence-corrected chi connectivity index (χ2v) is 7.95. The highest BCUT2D eigenvalue weighted by Crippen LogP contribution is 2.38. The van der Waals surface area contributed by atoms with Crippen LogP contribution in [0.25, 0.3) is 0 Å². The molecule has 25 heavy (non-hydrogen) atoms. The summed E-state index contributed by atoms with van der Waals surface area (Å²) in [4.78, 5) is 0. The van der Waals surface area contributed by atoms with E-state index in [1.54, 1.807) is 26.0 Å². The first kappa shape index (κ1) is 18.4. The Labute approximate surface area is 149 Å². The maximum absolute atomic E-state index is 11.5. The zero-order valence-electron chi connectivity index (χ0n) is 13.6. The van der Waals surface area contributed by atoms with Gasteiger partial charge in [-0.15, -0.1) is 10.2 Å². The van der Waals surface area contributed by atoms with Gasteiger partial charge < -0.3 is 14.2 Å². The number of fused-ring (bicyclic) bond motifs is 1. The molecule has 12 heteroatoms. The van der Waals surface area contributed by atoms with Crippen molar-refractivity contribution in [1.82, 2.24) is 10.2 Å². The lowest BCUT2D eigenvalue weighted by molar-refractivity contribution is -0.204. The molecule has 1 aromatic rings. The van der Waals surface area contributed by atoms with E-state index in [2.05, 4.69) is 20.7 Å². The summed E-state index contributed by atoms with van der Waals surface area (Å²) in [6.45, 7) is 3.41. The van der Waals surface area contributed by atoms with Crippen molar-refractivity contribution in [1.29, 1.82) is 0 Å². The Morgan fingerprint density at radius 2 is 2.12 bits per heavy atom. The van der Waals surface area contributed by atoms with Crippen LogP contribution >= 0.6 is 11.6 Å². The van der Waals surface area contributed by atoms with Crippen LogP contribution in [0.5, 0.6) is 0 Å². The Morgan fingerprint density at radius 1 is 1.36 bits per heavy atom. The highest BCUT2D eigenvalue weighted by molar-refractivity contribution is 7.86. The number of hydrogen-bond donors (Lipinski definition) is 1. The first-order valence-electron chi connectivity index (χ1n) is 7.31. The predicted molar refractivity (Wildman–Crippen MR) is 87.6 cm³/mol. The van der Waals surface area contributed by atoms with Crippen LogP contribution in [0.1, 0.15) is 13.8 Å². The lowest BCUT2D eigenvalue weighted by Gasteiger charge is -2.23. The minimum atomic E-state index is -3.73. The molecule has 1 N–H and O–H groups in total. The Hall–Kier alpha value is -1.37. The van der Waals surface area contributed by atoms with Crippen LogP contribution in [0.15, 0.2) is 17.2 Å². The van der Waals surface area contributed by atoms with Gasteiger partial charge in [0.15, 0.2) is 23.0 Å². The molecule has 0 aliphatic carbocycles. The number of anilines is 1. The number of hydrogen-bond acceptors (Lipinski definition) is 10. The molecule has 0 aromatic carbocycles. The first-order chi connectivity index (χ1) is 11.6. The molecule has 2 aliphatic rings. The maximum Gasteiger partial charge on any atom is 0.264 e. The van der Waals surface area contributed by atoms with E-state index in [0.29, 0.717) is 5.82 Å². The quantitative estimate of drug-likeness (QED) is 0.439. The van der Waals surface area contributed by atoms with Crippen LogP contribution < -0.4 is 5.43 Å². The fraction of sp³-hybridized carbons (Fsp3) is 0.615. The fourth-order valence-electron chi connectivity index (χ4n) is 2.49. The minimum Gasteiger partial charge on any atom is -0.339 e. The number of aromatic nitrogens is 2. The van der Waals surface area contributed by atoms with Crippen molar-refractivity contribution in [2.45, 2.75) is 44.2 Å². The van der Waals surface area contributed by atoms with Crippen LogP contribution in [-0.4, -0.2) is 61.5 Å². The summed E-state index contributed by atoms with van der Waals surface area (Å²) in [5, 5.41) is 11.6. The van der Waals surface area contributed by atoms with Gasteiger partial charge >= 0.3 is 0 Å². The first-order valence-corrected chi connectivity index (χ1v) is 9.50. The van der Waals surface area contributed by atoms with E-state index in [9.17, 15) is 8.42 Å². The molecule has 3 heterocycles. The number of nitrogens with zero attached hydrogens (tertiary/aromatic N) is 3. The number of halogens is 1. The Bertz CT molecular complexity index is 756. The second kappa shape index (κ2) is 6.74. The summed E-state index contributed by atoms with van der Waals surface area (Å²) in [6.07, 6.45) is -0.872. The molecule has 0 unspecified atom stereocenters. The molecule has 0 bridgehead atoms. The van der Waals surface area contributed by atoms with Crippen LogP contribution in [0.4, 0.5) is 5.82 Å². The van der Waals surface area contributed by atoms with E-state index in [1.165, 1.54) is 6.21 Å². The molecular weight excluding hydrogens is 376 g/mol. The van der Waals surface area contributed by atoms with E-state index in [1.807, 2.05) is 0 Å². The van der Waals surface area contributed by atoms with Crippen molar-refractivity contribution < 1.29 is 26.8 Å². The van der Waals surface area contributed by atoms with Gasteiger partial charge in [-0.1, -0.05) is 11.6 Å². The average Bonchev–Trinajstić information content (AvgIpc) is 2.93. The van der Waals surface area contributed by atoms with Crippen LogP contribution in [0.2, 0.25) is 5.15 Å². The lowest BCUT2D eigenvalue weighted by atomic mass is 10.1. The highest BCUT2D eigenvalue weighted by atomic mass is 35.5. The molecule has 138 valence electrons. The van der Waals surface area contributed by atoms with Gasteiger partial charge in [0.1, 0.15) is 18.3 Å². The van der Waals surface area contributed by atoms with Gasteiger partial charge in [0, 0.05) is 0 Å². The summed E-state index contributed by atoms with van der Waals surface area (Å²) in [5.74, 6) is -0.540. The van der Waals surface area contributed by atoms with Crippen LogP contribution in [-0.2, 0) is 28.5 Å². The van der Waals surface area contributed by atoms with Gasteiger partial charge in [-0.25, -0.2) is 0 Å². The third-order valence-corrected chi connectivity index (χ3v) is 4.12. The van der Waals surface area contributed by atoms with Crippen LogP contribution in [0.3, 0.4) is 0 Å². The molecule has 0 saturated carbocycles. The summed E-state index contributed by atoms with van der Waals surface area (Å²) in [6, 6.07) is 3.12. The number of rotatable bonds is 5. The highest BCUT2D eigenvalue weighted by Gasteiger charge is 2.56. The van der Waals surface area contributed by atoms with E-state index in [-0.39, 0.29) is 5.15 Å². The van der Waals surface area contributed by atoms with Gasteiger partial charge in [-0.05, 0) is 26.0 Å². The van der Waals surface area contributed by atoms with Crippen molar-refractivity contribution in [3.05, 3.63) is 17.3 Å². The Morgan fingerprint density at radius 3 is 2.76 bits per heavy atom. The molecule has 2 fully saturated rings. The van der Waals surface area contributed by atoms with Gasteiger partial charge in [-0.3, -0.25) is 9.61 Å². The van der Waals surface area contributed by atoms with E-state index in [0.717, 1.165) is 6.26 Å². The Kier molecular flexibility index (Phi) is 4.97. The normalized spacial score (nSPS) is 31.4. The van der Waals surface area contributed by atoms with E-state index in [4.69, 9.17) is 30.0 Å². The van der Waals surface area contributed by atoms with Crippen molar-refractivity contribution in [2.75, 3.05) is 11.7 Å². The average molecular weight is 393 g/mol. The molecule has 2 aliphatic heterocycles. The van der Waals surface area contributed by atoms with Crippen molar-refractivity contribution in [3.63, 3.8) is 0 Å². The van der Waals surface area contributed by atoms with Crippen molar-refractivity contribution >= 4 is 33.8 Å². The predicted octanol–water partition coefficient (Wildman–Crippen LogP) is 0.749. The van der Waals surface area contributed by atoms with Crippen molar-refractivity contribution in [2.24, 2.45) is 5.10 Å². The van der Waals surface area contributed by atoms with Crippen LogP contribution in [0, 0.1) is 0 Å². The summed E-state index contributed by atoms with van der Waals surface area (Å²) in [5.41, 5.74) is 2.63. The van der Waals surface area contributed by atoms with E-state index < -0.39 is 40.5 Å². The third kappa shape index (κ3) is 4.63. The topological polar surface area (TPSA) is 121 Å². The molecule has 0 amide bonds. The SMILES string of the molecule is CC1(C)O[C@H]2O[C@H](C=NNc3ccc(Cl)nn3)[C@H](OS(C)(=O)=O)[C@H]2O1. The third-order valence-electron chi connectivity index (χ3n) is 3.35. The molecule has 1 aromatic heterocycles. The van der Waals surface area contributed by atoms with Gasteiger partial charge in [0.25, 0.3) is 10.1 Å². The fourth-order valence-corrected chi connectivity index (χ4v) is 3.21. The zero-order valence-corrected chi connectivity index (χ0v) is 15.2. The molecule has 10 nitrogen and oxygen atoms in total. The van der Waals surface area contributed by atoms with Gasteiger partial charge in [0.2, 0.25) is 0 Å². The smallest absolute Gasteiger partial charge is 0.264 e. The minimum absolute atomic E-state index is 0.250. The number of ether oxygens (including phenoxy) is 3. The molecule has 2 saturated heterocycles. The monoisotopic (exact) mass is 392 g/mol. The maximum atomic E-state index is 11.5. The largest absolute Gasteiger partial charge is 0.339 e. The zero-order chi connectivity index (χ0) is 18.2. The van der Waals surface area contributed by atoms with Gasteiger partial charge in [-0.2, -0.15) is 13.5 Å². The number of nitrogens with one attached hydrogen (secondary N) is 1. The number of hydrazone groups is 1. The molecule has 4 atom stereocenters. The van der Waals surface area contributed by atoms with Gasteiger partial charge in [0.05, 0.1) is 12.5 Å². The lowest BCUT2D eigenvalue weighted by Crippen LogP contribution is -2.39. The summed E-state index contributed by atoms with van der Waals surface area (Å²) >= 11 is 5.65. The standard InChI is InChI=1S/C13H17ClN4O6S/c1-13(2)22-11-10(24-25(3,19)20)7(21-12(11)23-13)6-15-17-9-5-4-8(14)16-18-9/h4-7,10-12H,1-3H3,(H,17,18)/t7-,10+,11-,12-/m1/s1. The Balaban J connectivity index is 1.71. The molecule has 0 radical (unpaired) electrons. The van der Waals surface area contributed by atoms with Crippen molar-refractivity contribution in [3.8, 4) is 0 Å². The molecular formula is C13H17ClN4O6S. The van der Waals surface area contributed by atoms with E-state index >= 15 is 0 Å². The molecule has 3 rings (SSSR count). The second-order valence-electron chi connectivity index (χ2n) is 5.97. The molecule has 0 spiro atoms. The summed E-state index contributed by atoms with van der Waals surface area (Å²) < 4.78 is 45.1.